The van der Waals surface area contributed by atoms with E-state index in [0.29, 0.717) is 6.04 Å². The Balaban J connectivity index is 1.51. The number of nitrogens with one attached hydrogen (secondary N) is 1. The number of likely N-dealkylation sites (tertiary alicyclic amines) is 1. The lowest BCUT2D eigenvalue weighted by Crippen LogP contribution is -2.28. The molecule has 0 radical (unpaired) electrons. The Hall–Kier alpha value is -0.870. The van der Waals surface area contributed by atoms with E-state index in [1.807, 2.05) is 23.1 Å². The molecule has 2 heterocycles. The van der Waals surface area contributed by atoms with Gasteiger partial charge in [0.2, 0.25) is 0 Å². The third kappa shape index (κ3) is 4.13. The summed E-state index contributed by atoms with van der Waals surface area (Å²) in [6, 6.07) is 2.42. The first-order valence-electron chi connectivity index (χ1n) is 6.78. The maximum absolute atomic E-state index is 4.25. The van der Waals surface area contributed by atoms with Gasteiger partial charge in [0.05, 0.1) is 6.04 Å². The molecule has 4 heteroatoms. The molecule has 1 fully saturated rings. The van der Waals surface area contributed by atoms with Crippen molar-refractivity contribution in [3.05, 3.63) is 18.5 Å². The van der Waals surface area contributed by atoms with Gasteiger partial charge in [-0.25, -0.2) is 0 Å². The molecule has 96 valence electrons. The maximum Gasteiger partial charge on any atom is 0.0615 e. The van der Waals surface area contributed by atoms with Gasteiger partial charge < -0.3 is 10.2 Å². The Bertz CT molecular complexity index is 290. The van der Waals surface area contributed by atoms with Crippen LogP contribution in [0.15, 0.2) is 18.5 Å². The van der Waals surface area contributed by atoms with Crippen LogP contribution in [0.25, 0.3) is 0 Å². The van der Waals surface area contributed by atoms with E-state index in [-0.39, 0.29) is 0 Å². The summed E-state index contributed by atoms with van der Waals surface area (Å²) >= 11 is 0. The molecule has 1 aromatic heterocycles. The molecule has 2 rings (SSSR count). The van der Waals surface area contributed by atoms with E-state index < -0.39 is 0 Å². The van der Waals surface area contributed by atoms with Gasteiger partial charge in [-0.3, -0.25) is 4.68 Å². The first-order valence-corrected chi connectivity index (χ1v) is 6.78. The summed E-state index contributed by atoms with van der Waals surface area (Å²) in [7, 11) is 0. The second-order valence-electron chi connectivity index (χ2n) is 4.94. The van der Waals surface area contributed by atoms with Gasteiger partial charge in [-0.15, -0.1) is 0 Å². The number of aromatic nitrogens is 2. The quantitative estimate of drug-likeness (QED) is 0.729. The average Bonchev–Trinajstić information content (AvgIpc) is 3.01. The summed E-state index contributed by atoms with van der Waals surface area (Å²) in [5, 5.41) is 7.76. The first-order chi connectivity index (χ1) is 8.36. The van der Waals surface area contributed by atoms with E-state index in [1.165, 1.54) is 38.9 Å². The predicted octanol–water partition coefficient (Wildman–Crippen LogP) is 1.52. The van der Waals surface area contributed by atoms with Crippen molar-refractivity contribution in [2.45, 2.75) is 32.2 Å². The minimum Gasteiger partial charge on any atom is -0.315 e. The molecule has 0 aliphatic carbocycles. The van der Waals surface area contributed by atoms with Gasteiger partial charge in [0.1, 0.15) is 0 Å². The molecule has 1 N–H and O–H groups in total. The molecular formula is C13H24N4. The molecule has 0 amide bonds. The van der Waals surface area contributed by atoms with Crippen molar-refractivity contribution in [3.8, 4) is 0 Å². The lowest BCUT2D eigenvalue weighted by Gasteiger charge is -2.16. The highest BCUT2D eigenvalue weighted by atomic mass is 15.3. The van der Waals surface area contributed by atoms with Crippen molar-refractivity contribution in [2.75, 3.05) is 32.7 Å². The van der Waals surface area contributed by atoms with Gasteiger partial charge in [0, 0.05) is 18.9 Å². The Morgan fingerprint density at radius 1 is 1.35 bits per heavy atom. The third-order valence-electron chi connectivity index (χ3n) is 3.44. The normalized spacial score (nSPS) is 18.6. The van der Waals surface area contributed by atoms with Gasteiger partial charge in [0.15, 0.2) is 0 Å². The lowest BCUT2D eigenvalue weighted by atomic mass is 10.3. The smallest absolute Gasteiger partial charge is 0.0615 e. The molecule has 0 bridgehead atoms. The summed E-state index contributed by atoms with van der Waals surface area (Å²) in [6.07, 6.45) is 7.90. The molecule has 1 aromatic rings. The Kier molecular flexibility index (Phi) is 5.01. The fourth-order valence-corrected chi connectivity index (χ4v) is 2.38. The van der Waals surface area contributed by atoms with Crippen LogP contribution in [0.5, 0.6) is 0 Å². The SMILES string of the molecule is CC(CNCCCN1CCCC1)n1cccn1. The minimum absolute atomic E-state index is 0.441. The van der Waals surface area contributed by atoms with Gasteiger partial charge >= 0.3 is 0 Å². The van der Waals surface area contributed by atoms with Gasteiger partial charge in [-0.05, 0) is 58.4 Å². The fraction of sp³-hybridized carbons (Fsp3) is 0.769. The van der Waals surface area contributed by atoms with Crippen LogP contribution in [0.4, 0.5) is 0 Å². The molecule has 4 nitrogen and oxygen atoms in total. The van der Waals surface area contributed by atoms with Crippen molar-refractivity contribution >= 4 is 0 Å². The van der Waals surface area contributed by atoms with E-state index in [2.05, 4.69) is 22.2 Å². The lowest BCUT2D eigenvalue weighted by molar-refractivity contribution is 0.328. The summed E-state index contributed by atoms with van der Waals surface area (Å²) in [6.45, 7) is 8.18. The molecular weight excluding hydrogens is 212 g/mol. The van der Waals surface area contributed by atoms with Crippen molar-refractivity contribution in [1.82, 2.24) is 20.0 Å². The van der Waals surface area contributed by atoms with Gasteiger partial charge in [0.25, 0.3) is 0 Å². The van der Waals surface area contributed by atoms with Crippen LogP contribution >= 0.6 is 0 Å². The summed E-state index contributed by atoms with van der Waals surface area (Å²) < 4.78 is 2.01. The van der Waals surface area contributed by atoms with E-state index in [0.717, 1.165) is 13.1 Å². The van der Waals surface area contributed by atoms with Crippen molar-refractivity contribution in [2.24, 2.45) is 0 Å². The van der Waals surface area contributed by atoms with E-state index in [1.54, 1.807) is 0 Å². The highest BCUT2D eigenvalue weighted by molar-refractivity contribution is 4.81. The molecule has 0 saturated carbocycles. The molecule has 1 aliphatic rings. The maximum atomic E-state index is 4.25. The highest BCUT2D eigenvalue weighted by Gasteiger charge is 2.10. The van der Waals surface area contributed by atoms with E-state index >= 15 is 0 Å². The zero-order valence-electron chi connectivity index (χ0n) is 10.8. The molecule has 1 atom stereocenters. The van der Waals surface area contributed by atoms with Crippen LogP contribution in [0.2, 0.25) is 0 Å². The molecule has 17 heavy (non-hydrogen) atoms. The number of hydrogen-bond donors (Lipinski definition) is 1. The first kappa shape index (κ1) is 12.6. The highest BCUT2D eigenvalue weighted by Crippen LogP contribution is 2.07. The average molecular weight is 236 g/mol. The topological polar surface area (TPSA) is 33.1 Å². The van der Waals surface area contributed by atoms with E-state index in [4.69, 9.17) is 0 Å². The molecule has 1 unspecified atom stereocenters. The summed E-state index contributed by atoms with van der Waals surface area (Å²) in [5.74, 6) is 0. The van der Waals surface area contributed by atoms with Crippen LogP contribution < -0.4 is 5.32 Å². The number of nitrogens with zero attached hydrogens (tertiary/aromatic N) is 3. The molecule has 1 aliphatic heterocycles. The monoisotopic (exact) mass is 236 g/mol. The second kappa shape index (κ2) is 6.77. The van der Waals surface area contributed by atoms with Gasteiger partial charge in [-0.2, -0.15) is 5.10 Å². The molecule has 0 spiro atoms. The van der Waals surface area contributed by atoms with Crippen LogP contribution in [-0.2, 0) is 0 Å². The zero-order valence-corrected chi connectivity index (χ0v) is 10.8. The Morgan fingerprint density at radius 3 is 2.88 bits per heavy atom. The summed E-state index contributed by atoms with van der Waals surface area (Å²) in [5.41, 5.74) is 0. The molecule has 0 aromatic carbocycles. The van der Waals surface area contributed by atoms with Crippen molar-refractivity contribution in [1.29, 1.82) is 0 Å². The number of rotatable bonds is 7. The largest absolute Gasteiger partial charge is 0.315 e. The zero-order chi connectivity index (χ0) is 11.9. The number of hydrogen-bond acceptors (Lipinski definition) is 3. The minimum atomic E-state index is 0.441. The summed E-state index contributed by atoms with van der Waals surface area (Å²) in [4.78, 5) is 2.57. The van der Waals surface area contributed by atoms with Crippen LogP contribution in [0, 0.1) is 0 Å². The van der Waals surface area contributed by atoms with Crippen molar-refractivity contribution < 1.29 is 0 Å². The van der Waals surface area contributed by atoms with Crippen LogP contribution in [0.3, 0.4) is 0 Å². The molecule has 1 saturated heterocycles. The Morgan fingerprint density at radius 2 is 2.18 bits per heavy atom. The van der Waals surface area contributed by atoms with Crippen LogP contribution in [0.1, 0.15) is 32.2 Å². The predicted molar refractivity (Wildman–Crippen MR) is 70.1 cm³/mol. The van der Waals surface area contributed by atoms with Crippen LogP contribution in [-0.4, -0.2) is 47.4 Å². The third-order valence-corrected chi connectivity index (χ3v) is 3.44. The van der Waals surface area contributed by atoms with Gasteiger partial charge in [-0.1, -0.05) is 0 Å². The fourth-order valence-electron chi connectivity index (χ4n) is 2.38. The Labute approximate surface area is 104 Å². The second-order valence-corrected chi connectivity index (χ2v) is 4.94. The standard InChI is InChI=1S/C13H24N4/c1-13(17-11-5-7-15-17)12-14-6-4-10-16-8-2-3-9-16/h5,7,11,13-14H,2-4,6,8-10,12H2,1H3. The van der Waals surface area contributed by atoms with Crippen molar-refractivity contribution in [3.63, 3.8) is 0 Å². The van der Waals surface area contributed by atoms with E-state index in [9.17, 15) is 0 Å².